The van der Waals surface area contributed by atoms with Gasteiger partial charge in [-0.15, -0.1) is 0 Å². The van der Waals surface area contributed by atoms with Gasteiger partial charge < -0.3 is 5.32 Å². The highest BCUT2D eigenvalue weighted by Gasteiger charge is 2.38. The van der Waals surface area contributed by atoms with E-state index in [4.69, 9.17) is 0 Å². The van der Waals surface area contributed by atoms with Gasteiger partial charge in [-0.25, -0.2) is 8.42 Å². The number of nitrogens with zero attached hydrogens (tertiary/aromatic N) is 1. The molecular weight excluding hydrogens is 424 g/mol. The molecule has 8 heteroatoms. The fraction of sp³-hybridized carbons (Fsp3) is 0.167. The average molecular weight is 447 g/mol. The smallest absolute Gasteiger partial charge is 0.230 e. The summed E-state index contributed by atoms with van der Waals surface area (Å²) in [6, 6.07) is 20.6. The minimum absolute atomic E-state index is 0.162. The van der Waals surface area contributed by atoms with Crippen molar-refractivity contribution in [1.82, 2.24) is 15.5 Å². The molecule has 0 saturated carbocycles. The van der Waals surface area contributed by atoms with E-state index >= 15 is 0 Å². The largest absolute Gasteiger partial charge is 0.309 e. The lowest BCUT2D eigenvalue weighted by Crippen LogP contribution is -2.24. The van der Waals surface area contributed by atoms with Gasteiger partial charge in [0, 0.05) is 6.54 Å². The first-order chi connectivity index (χ1) is 15.4. The lowest BCUT2D eigenvalue weighted by atomic mass is 10.0. The van der Waals surface area contributed by atoms with Gasteiger partial charge in [0.05, 0.1) is 22.6 Å². The second kappa shape index (κ2) is 7.89. The summed E-state index contributed by atoms with van der Waals surface area (Å²) in [4.78, 5) is 13.0. The molecule has 1 aliphatic rings. The van der Waals surface area contributed by atoms with Crippen molar-refractivity contribution in [3.8, 4) is 0 Å². The van der Waals surface area contributed by atoms with Crippen molar-refractivity contribution in [2.24, 2.45) is 0 Å². The molecule has 1 unspecified atom stereocenters. The maximum absolute atomic E-state index is 13.3. The third kappa shape index (κ3) is 3.68. The zero-order chi connectivity index (χ0) is 22.3. The normalized spacial score (nSPS) is 15.6. The Morgan fingerprint density at radius 2 is 1.88 bits per heavy atom. The molecule has 3 N–H and O–H groups in total. The number of amides is 1. The van der Waals surface area contributed by atoms with Crippen LogP contribution in [0.3, 0.4) is 0 Å². The van der Waals surface area contributed by atoms with Crippen LogP contribution in [0.1, 0.15) is 27.8 Å². The molecule has 0 aliphatic carbocycles. The summed E-state index contributed by atoms with van der Waals surface area (Å²) in [6.07, 6.45) is 0.162. The van der Waals surface area contributed by atoms with Crippen LogP contribution in [0.2, 0.25) is 0 Å². The standard InChI is InChI=1S/C24H22N4O3S/c1-15-5-4-8-19(11-15)32(30,31)24-22-20(14-25-24)27-28-23(22)26-21(29)13-16-9-10-17-6-2-3-7-18(17)12-16/h2-12,24-25H,13-14H2,1H3,(H2,26,27,28,29). The van der Waals surface area contributed by atoms with Crippen molar-refractivity contribution in [1.29, 1.82) is 0 Å². The molecule has 1 atom stereocenters. The fourth-order valence-electron chi connectivity index (χ4n) is 4.10. The summed E-state index contributed by atoms with van der Waals surface area (Å²) in [5.41, 5.74) is 2.86. The van der Waals surface area contributed by atoms with Crippen molar-refractivity contribution in [3.63, 3.8) is 0 Å². The lowest BCUT2D eigenvalue weighted by molar-refractivity contribution is -0.115. The van der Waals surface area contributed by atoms with Gasteiger partial charge >= 0.3 is 0 Å². The third-order valence-electron chi connectivity index (χ3n) is 5.67. The SMILES string of the molecule is Cc1cccc(S(=O)(=O)C2NCc3[nH]nc(NC(=O)Cc4ccc5ccccc5c4)c32)c1. The number of aryl methyl sites for hydroxylation is 1. The third-order valence-corrected chi connectivity index (χ3v) is 7.61. The van der Waals surface area contributed by atoms with Gasteiger partial charge in [-0.05, 0) is 41.0 Å². The van der Waals surface area contributed by atoms with Gasteiger partial charge in [0.2, 0.25) is 5.91 Å². The quantitative estimate of drug-likeness (QED) is 0.434. The Kier molecular flexibility index (Phi) is 5.03. The van der Waals surface area contributed by atoms with Gasteiger partial charge in [-0.3, -0.25) is 15.2 Å². The van der Waals surface area contributed by atoms with Crippen LogP contribution >= 0.6 is 0 Å². The van der Waals surface area contributed by atoms with Crippen molar-refractivity contribution in [3.05, 3.63) is 89.1 Å². The van der Waals surface area contributed by atoms with Gasteiger partial charge in [-0.2, -0.15) is 5.10 Å². The van der Waals surface area contributed by atoms with Crippen molar-refractivity contribution < 1.29 is 13.2 Å². The number of benzene rings is 3. The first kappa shape index (κ1) is 20.4. The van der Waals surface area contributed by atoms with Gasteiger partial charge in [0.15, 0.2) is 15.7 Å². The number of fused-ring (bicyclic) bond motifs is 2. The molecule has 0 saturated heterocycles. The highest BCUT2D eigenvalue weighted by molar-refractivity contribution is 7.91. The topological polar surface area (TPSA) is 104 Å². The molecule has 3 aromatic carbocycles. The molecule has 2 heterocycles. The zero-order valence-corrected chi connectivity index (χ0v) is 18.2. The van der Waals surface area contributed by atoms with Crippen LogP contribution in [-0.4, -0.2) is 24.5 Å². The number of carbonyl (C=O) groups excluding carboxylic acids is 1. The van der Waals surface area contributed by atoms with E-state index in [0.29, 0.717) is 17.8 Å². The molecule has 0 fully saturated rings. The van der Waals surface area contributed by atoms with Crippen LogP contribution in [0.15, 0.2) is 71.6 Å². The minimum Gasteiger partial charge on any atom is -0.309 e. The first-order valence-electron chi connectivity index (χ1n) is 10.3. The summed E-state index contributed by atoms with van der Waals surface area (Å²) < 4.78 is 26.6. The van der Waals surface area contributed by atoms with Crippen LogP contribution in [0.4, 0.5) is 5.82 Å². The van der Waals surface area contributed by atoms with E-state index in [2.05, 4.69) is 20.8 Å². The first-order valence-corrected chi connectivity index (χ1v) is 11.8. The van der Waals surface area contributed by atoms with Crippen LogP contribution in [0.25, 0.3) is 10.8 Å². The number of nitrogens with one attached hydrogen (secondary N) is 3. The number of sulfone groups is 1. The highest BCUT2D eigenvalue weighted by atomic mass is 32.2. The molecule has 0 radical (unpaired) electrons. The monoisotopic (exact) mass is 446 g/mol. The summed E-state index contributed by atoms with van der Waals surface area (Å²) in [7, 11) is -3.71. The summed E-state index contributed by atoms with van der Waals surface area (Å²) in [5, 5.41) is 14.1. The van der Waals surface area contributed by atoms with E-state index in [0.717, 1.165) is 21.9 Å². The summed E-state index contributed by atoms with van der Waals surface area (Å²) in [6.45, 7) is 2.18. The van der Waals surface area contributed by atoms with E-state index in [9.17, 15) is 13.2 Å². The lowest BCUT2D eigenvalue weighted by Gasteiger charge is -2.15. The van der Waals surface area contributed by atoms with Crippen LogP contribution in [0.5, 0.6) is 0 Å². The van der Waals surface area contributed by atoms with E-state index in [1.54, 1.807) is 18.2 Å². The summed E-state index contributed by atoms with van der Waals surface area (Å²) in [5.74, 6) is -0.00907. The Morgan fingerprint density at radius 3 is 2.69 bits per heavy atom. The molecule has 1 aliphatic heterocycles. The molecule has 0 bridgehead atoms. The van der Waals surface area contributed by atoms with Gasteiger partial charge in [0.1, 0.15) is 5.37 Å². The molecule has 1 amide bonds. The Balaban J connectivity index is 1.39. The minimum atomic E-state index is -3.71. The van der Waals surface area contributed by atoms with Crippen LogP contribution in [-0.2, 0) is 27.6 Å². The van der Waals surface area contributed by atoms with Crippen molar-refractivity contribution >= 4 is 32.3 Å². The predicted octanol–water partition coefficient (Wildman–Crippen LogP) is 3.63. The second-order valence-corrected chi connectivity index (χ2v) is 10.0. The molecule has 4 aromatic rings. The predicted molar refractivity (Wildman–Crippen MR) is 123 cm³/mol. The second-order valence-electron chi connectivity index (χ2n) is 7.99. The Bertz CT molecular complexity index is 1440. The average Bonchev–Trinajstić information content (AvgIpc) is 3.37. The van der Waals surface area contributed by atoms with Gasteiger partial charge in [0.25, 0.3) is 0 Å². The fourth-order valence-corrected chi connectivity index (χ4v) is 5.86. The Labute approximate surface area is 185 Å². The highest BCUT2D eigenvalue weighted by Crippen LogP contribution is 2.37. The number of anilines is 1. The van der Waals surface area contributed by atoms with Gasteiger partial charge in [-0.1, -0.05) is 54.6 Å². The Morgan fingerprint density at radius 1 is 1.06 bits per heavy atom. The zero-order valence-electron chi connectivity index (χ0n) is 17.4. The Hall–Kier alpha value is -3.49. The van der Waals surface area contributed by atoms with E-state index in [-0.39, 0.29) is 23.0 Å². The van der Waals surface area contributed by atoms with E-state index < -0.39 is 15.2 Å². The molecule has 1 aromatic heterocycles. The number of hydrogen-bond donors (Lipinski definition) is 3. The number of hydrogen-bond acceptors (Lipinski definition) is 5. The molecule has 5 rings (SSSR count). The van der Waals surface area contributed by atoms with Crippen molar-refractivity contribution in [2.45, 2.75) is 30.2 Å². The number of aromatic nitrogens is 2. The molecular formula is C24H22N4O3S. The maximum Gasteiger partial charge on any atom is 0.230 e. The number of carbonyl (C=O) groups is 1. The number of H-pyrrole nitrogens is 1. The molecule has 162 valence electrons. The number of aromatic amines is 1. The maximum atomic E-state index is 13.3. The van der Waals surface area contributed by atoms with E-state index in [1.807, 2.05) is 55.5 Å². The van der Waals surface area contributed by atoms with Crippen molar-refractivity contribution in [2.75, 3.05) is 5.32 Å². The van der Waals surface area contributed by atoms with Crippen LogP contribution < -0.4 is 10.6 Å². The van der Waals surface area contributed by atoms with Crippen LogP contribution in [0, 0.1) is 6.92 Å². The summed E-state index contributed by atoms with van der Waals surface area (Å²) >= 11 is 0. The molecule has 7 nitrogen and oxygen atoms in total. The molecule has 32 heavy (non-hydrogen) atoms. The van der Waals surface area contributed by atoms with E-state index in [1.165, 1.54) is 0 Å². The number of rotatable bonds is 5. The molecule has 0 spiro atoms.